The summed E-state index contributed by atoms with van der Waals surface area (Å²) >= 11 is 0. The number of hydrogen-bond donors (Lipinski definition) is 1. The van der Waals surface area contributed by atoms with Crippen LogP contribution in [0, 0.1) is 48.1 Å². The van der Waals surface area contributed by atoms with Gasteiger partial charge in [0.2, 0.25) is 0 Å². The Hall–Kier alpha value is -2.78. The van der Waals surface area contributed by atoms with Crippen molar-refractivity contribution in [3.8, 4) is 53.8 Å². The highest BCUT2D eigenvalue weighted by Gasteiger charge is 1.91. The van der Waals surface area contributed by atoms with Crippen LogP contribution < -0.4 is 4.74 Å². The lowest BCUT2D eigenvalue weighted by Crippen LogP contribution is -1.85. The number of benzene rings is 1. The van der Waals surface area contributed by atoms with Crippen LogP contribution in [0.4, 0.5) is 0 Å². The van der Waals surface area contributed by atoms with E-state index in [1.165, 1.54) is 0 Å². The molecule has 0 aliphatic carbocycles. The van der Waals surface area contributed by atoms with E-state index in [0.717, 1.165) is 5.56 Å². The average molecular weight is 232 g/mol. The fourth-order valence-corrected chi connectivity index (χ4v) is 0.903. The van der Waals surface area contributed by atoms with Gasteiger partial charge in [0.05, 0.1) is 6.61 Å². The van der Waals surface area contributed by atoms with Crippen molar-refractivity contribution in [1.29, 1.82) is 0 Å². The Morgan fingerprint density at radius 2 is 1.71 bits per heavy atom. The summed E-state index contributed by atoms with van der Waals surface area (Å²) in [4.78, 5) is 0. The van der Waals surface area contributed by atoms with Crippen LogP contribution in [0.5, 0.6) is 5.75 Å². The highest BCUT2D eigenvalue weighted by atomic mass is 16.5. The van der Waals surface area contributed by atoms with Crippen LogP contribution in [0.2, 0.25) is 0 Å². The lowest BCUT2D eigenvalue weighted by molar-refractivity contribution is 0.281. The van der Waals surface area contributed by atoms with Gasteiger partial charge in [-0.15, -0.1) is 6.42 Å². The van der Waals surface area contributed by atoms with Gasteiger partial charge in [0.15, 0.2) is 0 Å². The van der Waals surface area contributed by atoms with E-state index in [0.29, 0.717) is 5.75 Å². The Balaban J connectivity index is -0.000000120. The van der Waals surface area contributed by atoms with E-state index in [-0.39, 0.29) is 15.2 Å². The Bertz CT molecular complexity index is 604. The van der Waals surface area contributed by atoms with Crippen molar-refractivity contribution in [3.63, 3.8) is 0 Å². The number of hydrogen-bond acceptors (Lipinski definition) is 2. The van der Waals surface area contributed by atoms with Crippen molar-refractivity contribution in [2.75, 3.05) is 0 Å². The molecule has 0 spiro atoms. The third-order valence-electron chi connectivity index (χ3n) is 1.65. The first-order valence-corrected chi connectivity index (χ1v) is 4.69. The Labute approximate surface area is 110 Å². The zero-order valence-corrected chi connectivity index (χ0v) is 8.95. The summed E-state index contributed by atoms with van der Waals surface area (Å²) < 4.78 is 5.08. The van der Waals surface area contributed by atoms with Gasteiger partial charge in [-0.1, -0.05) is 12.1 Å². The van der Waals surface area contributed by atoms with E-state index in [4.69, 9.17) is 16.3 Å². The maximum Gasteiger partial charge on any atom is 0.140 e. The predicted molar refractivity (Wildman–Crippen MR) is 77.8 cm³/mol. The maximum atomic E-state index is 8.83. The molecule has 0 heterocycles. The molecule has 0 aliphatic heterocycles. The summed E-state index contributed by atoms with van der Waals surface area (Å²) in [7, 11) is 0. The predicted octanol–water partition coefficient (Wildman–Crippen LogP) is 2.63. The van der Waals surface area contributed by atoms with Crippen LogP contribution in [0.1, 0.15) is 14.1 Å². The summed E-state index contributed by atoms with van der Waals surface area (Å²) in [5.41, 5.74) is 0.814. The second kappa shape index (κ2) is 7.50. The molecule has 0 amide bonds. The first-order chi connectivity index (χ1) is 8.36. The van der Waals surface area contributed by atoms with E-state index in [9.17, 15) is 0 Å². The minimum absolute atomic E-state index is 0. The molecule has 0 bridgehead atoms. The molecular weight excluding hydrogens is 212 g/mol. The van der Waals surface area contributed by atoms with Crippen molar-refractivity contribution < 1.29 is 18.4 Å². The molecule has 0 atom stereocenters. The van der Waals surface area contributed by atoms with E-state index in [1.807, 2.05) is 0 Å². The molecule has 17 heavy (non-hydrogen) atoms. The molecule has 92 valence electrons. The molecule has 0 saturated heterocycles. The first-order valence-electron chi connectivity index (χ1n) is 4.69. The van der Waals surface area contributed by atoms with E-state index >= 15 is 0 Å². The summed E-state index contributed by atoms with van der Waals surface area (Å²) in [6.07, 6.45) is 7.31. The average Bonchev–Trinajstić information content (AvgIpc) is 2.38. The van der Waals surface area contributed by atoms with Gasteiger partial charge >= 0.3 is 0 Å². The number of terminal acetylenes is 1. The van der Waals surface area contributed by atoms with Gasteiger partial charge in [-0.25, -0.2) is 0 Å². The van der Waals surface area contributed by atoms with Crippen LogP contribution in [0.15, 0.2) is 24.3 Å². The normalized spacial score (nSPS) is 7.06. The summed E-state index contributed by atoms with van der Waals surface area (Å²) in [5.74, 6) is 14.9. The smallest absolute Gasteiger partial charge is 0.140 e. The van der Waals surface area contributed by atoms with Crippen molar-refractivity contribution >= 4 is 0 Å². The molecule has 1 aromatic carbocycles. The summed E-state index contributed by atoms with van der Waals surface area (Å²) in [6.45, 7) is 0.00524. The number of ether oxygens (including phenoxy) is 1. The lowest BCUT2D eigenvalue weighted by Gasteiger charge is -1.97. The van der Waals surface area contributed by atoms with E-state index in [1.54, 1.807) is 24.3 Å². The zero-order valence-electron chi connectivity index (χ0n) is 8.95. The third-order valence-corrected chi connectivity index (χ3v) is 1.65. The van der Waals surface area contributed by atoms with Crippen molar-refractivity contribution in [2.45, 2.75) is 6.61 Å². The van der Waals surface area contributed by atoms with Crippen molar-refractivity contribution in [2.24, 2.45) is 0 Å². The number of aliphatic hydroxyl groups excluding tert-OH is 1. The molecule has 0 saturated carbocycles. The van der Waals surface area contributed by atoms with Gasteiger partial charge in [-0.2, -0.15) is 0 Å². The Morgan fingerprint density at radius 1 is 1.06 bits per heavy atom. The molecule has 0 unspecified atom stereocenters. The highest BCUT2D eigenvalue weighted by molar-refractivity contribution is 5.39. The van der Waals surface area contributed by atoms with Gasteiger partial charge in [0.25, 0.3) is 0 Å². The zero-order chi connectivity index (χ0) is 12.3. The molecule has 0 aromatic heterocycles. The fraction of sp³-hybridized carbons (Fsp3) is 0.0667. The minimum atomic E-state index is 0. The number of rotatable bonds is 2. The molecule has 1 aromatic rings. The molecule has 0 aliphatic rings. The molecule has 2 nitrogen and oxygen atoms in total. The van der Waals surface area contributed by atoms with E-state index in [2.05, 4.69) is 41.6 Å². The van der Waals surface area contributed by atoms with E-state index < -0.39 is 0 Å². The second-order valence-corrected chi connectivity index (χ2v) is 2.78. The van der Waals surface area contributed by atoms with Gasteiger partial charge in [-0.05, 0) is 35.5 Å². The quantitative estimate of drug-likeness (QED) is 0.794. The summed E-state index contributed by atoms with van der Waals surface area (Å²) in [5, 5.41) is 8.83. The van der Waals surface area contributed by atoms with Crippen molar-refractivity contribution in [1.82, 2.24) is 0 Å². The minimum Gasteiger partial charge on any atom is -0.407 e. The monoisotopic (exact) mass is 232 g/mol. The molecule has 1 rings (SSSR count). The number of aliphatic hydroxyl groups is 1. The molecule has 0 radical (unpaired) electrons. The third kappa shape index (κ3) is 5.01. The molecule has 0 fully saturated rings. The summed E-state index contributed by atoms with van der Waals surface area (Å²) in [6, 6.07) is 6.93. The fourth-order valence-electron chi connectivity index (χ4n) is 0.903. The van der Waals surface area contributed by atoms with Gasteiger partial charge in [0.1, 0.15) is 11.9 Å². The topological polar surface area (TPSA) is 29.5 Å². The molecule has 2 heteroatoms. The van der Waals surface area contributed by atoms with Gasteiger partial charge in [-0.3, -0.25) is 0 Å². The SMILES string of the molecule is C#CC#CC#CC#COc1ccc(CO)cc1.[HH].[HH].[HH].[HH].[HH].[HH]. The van der Waals surface area contributed by atoms with Gasteiger partial charge < -0.3 is 9.84 Å². The lowest BCUT2D eigenvalue weighted by atomic mass is 10.2. The molecule has 1 N–H and O–H groups in total. The van der Waals surface area contributed by atoms with Gasteiger partial charge in [0, 0.05) is 26.3 Å². The van der Waals surface area contributed by atoms with Crippen LogP contribution in [-0.2, 0) is 6.61 Å². The first kappa shape index (κ1) is 12.3. The Morgan fingerprint density at radius 3 is 2.35 bits per heavy atom. The Kier molecular flexibility index (Phi) is 5.42. The molecular formula is C15H20O2. The second-order valence-electron chi connectivity index (χ2n) is 2.78. The van der Waals surface area contributed by atoms with Crippen LogP contribution in [0.25, 0.3) is 0 Å². The van der Waals surface area contributed by atoms with Crippen molar-refractivity contribution in [3.05, 3.63) is 29.8 Å². The standard InChI is InChI=1S/C15H8O2.6H2/c1-2-3-4-5-6-7-12-17-15-10-8-14(13-16)9-11-15;;;;;;/h1,8-11,16H,13H2;6*1H. The highest BCUT2D eigenvalue weighted by Crippen LogP contribution is 2.11. The van der Waals surface area contributed by atoms with Crippen LogP contribution in [-0.4, -0.2) is 5.11 Å². The van der Waals surface area contributed by atoms with Crippen LogP contribution in [0.3, 0.4) is 0 Å². The van der Waals surface area contributed by atoms with Crippen LogP contribution >= 0.6 is 0 Å². The maximum absolute atomic E-state index is 8.83. The largest absolute Gasteiger partial charge is 0.407 e.